The van der Waals surface area contributed by atoms with Gasteiger partial charge in [0.2, 0.25) is 15.9 Å². The lowest BCUT2D eigenvalue weighted by Crippen LogP contribution is -2.47. The molecule has 0 bridgehead atoms. The standard InChI is InChI=1S/C20H26N2O4S/c1-5-26-19-11-9-17(10-12-19)14-21-20(23)16(3)22(27(4,24)25)18-8-6-7-15(2)13-18/h6-13,16H,5,14H2,1-4H3,(H,21,23). The molecule has 0 aromatic heterocycles. The van der Waals surface area contributed by atoms with Crippen LogP contribution in [0, 0.1) is 6.92 Å². The van der Waals surface area contributed by atoms with Crippen LogP contribution in [0.15, 0.2) is 48.5 Å². The Morgan fingerprint density at radius 2 is 1.85 bits per heavy atom. The summed E-state index contributed by atoms with van der Waals surface area (Å²) in [6.07, 6.45) is 1.10. The lowest BCUT2D eigenvalue weighted by atomic mass is 10.2. The monoisotopic (exact) mass is 390 g/mol. The summed E-state index contributed by atoms with van der Waals surface area (Å²) in [5.74, 6) is 0.402. The van der Waals surface area contributed by atoms with Crippen LogP contribution >= 0.6 is 0 Å². The van der Waals surface area contributed by atoms with Gasteiger partial charge in [-0.3, -0.25) is 9.10 Å². The van der Waals surface area contributed by atoms with E-state index in [2.05, 4.69) is 5.32 Å². The fourth-order valence-electron chi connectivity index (χ4n) is 2.78. The zero-order valence-corrected chi connectivity index (χ0v) is 16.9. The van der Waals surface area contributed by atoms with Crippen molar-refractivity contribution in [1.29, 1.82) is 0 Å². The fourth-order valence-corrected chi connectivity index (χ4v) is 3.95. The lowest BCUT2D eigenvalue weighted by Gasteiger charge is -2.28. The maximum atomic E-state index is 12.6. The normalized spacial score (nSPS) is 12.3. The smallest absolute Gasteiger partial charge is 0.243 e. The Kier molecular flexibility index (Phi) is 6.85. The van der Waals surface area contributed by atoms with Gasteiger partial charge in [0.15, 0.2) is 0 Å². The van der Waals surface area contributed by atoms with E-state index in [1.165, 1.54) is 0 Å². The molecule has 1 amide bonds. The van der Waals surface area contributed by atoms with E-state index < -0.39 is 16.1 Å². The van der Waals surface area contributed by atoms with Gasteiger partial charge in [-0.15, -0.1) is 0 Å². The first-order chi connectivity index (χ1) is 12.7. The van der Waals surface area contributed by atoms with Crippen LogP contribution in [0.3, 0.4) is 0 Å². The summed E-state index contributed by atoms with van der Waals surface area (Å²) in [5.41, 5.74) is 2.30. The molecule has 146 valence electrons. The van der Waals surface area contributed by atoms with Gasteiger partial charge < -0.3 is 10.1 Å². The van der Waals surface area contributed by atoms with Gasteiger partial charge in [-0.2, -0.15) is 0 Å². The Labute approximate surface area is 161 Å². The Morgan fingerprint density at radius 1 is 1.19 bits per heavy atom. The summed E-state index contributed by atoms with van der Waals surface area (Å²) >= 11 is 0. The van der Waals surface area contributed by atoms with Crippen LogP contribution in [0.4, 0.5) is 5.69 Å². The van der Waals surface area contributed by atoms with Crippen molar-refractivity contribution in [1.82, 2.24) is 5.32 Å². The number of carbonyl (C=O) groups excluding carboxylic acids is 1. The second kappa shape index (κ2) is 8.90. The molecule has 27 heavy (non-hydrogen) atoms. The average Bonchev–Trinajstić information content (AvgIpc) is 2.60. The van der Waals surface area contributed by atoms with Gasteiger partial charge in [0.1, 0.15) is 11.8 Å². The van der Waals surface area contributed by atoms with E-state index in [0.29, 0.717) is 18.8 Å². The highest BCUT2D eigenvalue weighted by molar-refractivity contribution is 7.92. The summed E-state index contributed by atoms with van der Waals surface area (Å²) in [7, 11) is -3.62. The SMILES string of the molecule is CCOc1ccc(CNC(=O)C(C)N(c2cccc(C)c2)S(C)(=O)=O)cc1. The molecule has 2 aromatic rings. The largest absolute Gasteiger partial charge is 0.494 e. The van der Waals surface area contributed by atoms with Crippen LogP contribution in [-0.4, -0.2) is 33.2 Å². The maximum Gasteiger partial charge on any atom is 0.243 e. The number of hydrogen-bond acceptors (Lipinski definition) is 4. The van der Waals surface area contributed by atoms with Crippen molar-refractivity contribution in [2.24, 2.45) is 0 Å². The minimum Gasteiger partial charge on any atom is -0.494 e. The number of hydrogen-bond donors (Lipinski definition) is 1. The number of anilines is 1. The number of nitrogens with zero attached hydrogens (tertiary/aromatic N) is 1. The zero-order valence-electron chi connectivity index (χ0n) is 16.1. The third-order valence-corrected chi connectivity index (χ3v) is 5.29. The molecule has 1 unspecified atom stereocenters. The first-order valence-corrected chi connectivity index (χ1v) is 10.6. The van der Waals surface area contributed by atoms with Crippen molar-refractivity contribution in [2.75, 3.05) is 17.2 Å². The number of benzene rings is 2. The topological polar surface area (TPSA) is 75.7 Å². The highest BCUT2D eigenvalue weighted by Crippen LogP contribution is 2.22. The highest BCUT2D eigenvalue weighted by atomic mass is 32.2. The number of sulfonamides is 1. The second-order valence-electron chi connectivity index (χ2n) is 6.37. The Morgan fingerprint density at radius 3 is 2.41 bits per heavy atom. The molecule has 0 spiro atoms. The van der Waals surface area contributed by atoms with Crippen molar-refractivity contribution in [2.45, 2.75) is 33.4 Å². The molecule has 0 saturated heterocycles. The molecule has 0 aliphatic heterocycles. The number of ether oxygens (including phenoxy) is 1. The molecule has 0 aliphatic rings. The van der Waals surface area contributed by atoms with Crippen molar-refractivity contribution in [3.05, 3.63) is 59.7 Å². The quantitative estimate of drug-likeness (QED) is 0.752. The van der Waals surface area contributed by atoms with Crippen LogP contribution in [0.1, 0.15) is 25.0 Å². The van der Waals surface area contributed by atoms with E-state index in [-0.39, 0.29) is 5.91 Å². The van der Waals surface area contributed by atoms with Crippen LogP contribution < -0.4 is 14.4 Å². The molecule has 0 saturated carbocycles. The molecule has 0 fully saturated rings. The summed E-state index contributed by atoms with van der Waals surface area (Å²) in [4.78, 5) is 12.6. The van der Waals surface area contributed by atoms with Crippen LogP contribution in [0.2, 0.25) is 0 Å². The Bertz CT molecular complexity index is 879. The average molecular weight is 391 g/mol. The van der Waals surface area contributed by atoms with Gasteiger partial charge in [0.25, 0.3) is 0 Å². The highest BCUT2D eigenvalue weighted by Gasteiger charge is 2.28. The number of amides is 1. The zero-order chi connectivity index (χ0) is 20.0. The summed E-state index contributed by atoms with van der Waals surface area (Å²) < 4.78 is 31.1. The van der Waals surface area contributed by atoms with Crippen molar-refractivity contribution >= 4 is 21.6 Å². The second-order valence-corrected chi connectivity index (χ2v) is 8.23. The van der Waals surface area contributed by atoms with E-state index in [1.54, 1.807) is 25.1 Å². The number of carbonyl (C=O) groups is 1. The van der Waals surface area contributed by atoms with Crippen molar-refractivity contribution in [3.8, 4) is 5.75 Å². The molecule has 0 heterocycles. The van der Waals surface area contributed by atoms with E-state index in [4.69, 9.17) is 4.74 Å². The number of aryl methyl sites for hydroxylation is 1. The van der Waals surface area contributed by atoms with Crippen molar-refractivity contribution < 1.29 is 17.9 Å². The molecule has 6 nitrogen and oxygen atoms in total. The van der Waals surface area contributed by atoms with E-state index in [1.807, 2.05) is 44.2 Å². The molecular weight excluding hydrogens is 364 g/mol. The Hall–Kier alpha value is -2.54. The Balaban J connectivity index is 2.11. The molecule has 7 heteroatoms. The predicted octanol–water partition coefficient (Wildman–Crippen LogP) is 2.86. The van der Waals surface area contributed by atoms with Gasteiger partial charge in [0, 0.05) is 6.54 Å². The first kappa shape index (κ1) is 20.8. The third kappa shape index (κ3) is 5.72. The number of nitrogens with one attached hydrogen (secondary N) is 1. The molecule has 0 radical (unpaired) electrons. The first-order valence-electron chi connectivity index (χ1n) is 8.78. The van der Waals surface area contributed by atoms with E-state index in [9.17, 15) is 13.2 Å². The summed E-state index contributed by atoms with van der Waals surface area (Å²) in [6.45, 7) is 6.27. The molecule has 2 rings (SSSR count). The third-order valence-electron chi connectivity index (χ3n) is 4.05. The minimum absolute atomic E-state index is 0.307. The summed E-state index contributed by atoms with van der Waals surface area (Å²) in [6, 6.07) is 13.6. The van der Waals surface area contributed by atoms with Crippen molar-refractivity contribution in [3.63, 3.8) is 0 Å². The van der Waals surface area contributed by atoms with Crippen LogP contribution in [0.25, 0.3) is 0 Å². The predicted molar refractivity (Wildman–Crippen MR) is 107 cm³/mol. The summed E-state index contributed by atoms with van der Waals surface area (Å²) in [5, 5.41) is 2.80. The van der Waals surface area contributed by atoms with Gasteiger partial charge in [0.05, 0.1) is 18.6 Å². The van der Waals surface area contributed by atoms with Gasteiger partial charge in [-0.1, -0.05) is 24.3 Å². The molecule has 0 aliphatic carbocycles. The van der Waals surface area contributed by atoms with Gasteiger partial charge >= 0.3 is 0 Å². The lowest BCUT2D eigenvalue weighted by molar-refractivity contribution is -0.122. The van der Waals surface area contributed by atoms with Gasteiger partial charge in [-0.05, 0) is 56.2 Å². The molecule has 1 N–H and O–H groups in total. The number of rotatable bonds is 8. The molecule has 1 atom stereocenters. The van der Waals surface area contributed by atoms with Crippen LogP contribution in [-0.2, 0) is 21.4 Å². The van der Waals surface area contributed by atoms with Crippen LogP contribution in [0.5, 0.6) is 5.75 Å². The van der Waals surface area contributed by atoms with Gasteiger partial charge in [-0.25, -0.2) is 8.42 Å². The fraction of sp³-hybridized carbons (Fsp3) is 0.350. The minimum atomic E-state index is -3.62. The molecule has 2 aromatic carbocycles. The molecular formula is C20H26N2O4S. The van der Waals surface area contributed by atoms with E-state index in [0.717, 1.165) is 27.4 Å². The maximum absolute atomic E-state index is 12.6. The van der Waals surface area contributed by atoms with E-state index >= 15 is 0 Å².